The van der Waals surface area contributed by atoms with E-state index in [-0.39, 0.29) is 5.97 Å². The lowest BCUT2D eigenvalue weighted by Gasteiger charge is -2.09. The fourth-order valence-corrected chi connectivity index (χ4v) is 4.42. The Morgan fingerprint density at radius 1 is 0.488 bits per heavy atom. The zero-order chi connectivity index (χ0) is 29.3. The first-order valence-electron chi connectivity index (χ1n) is 16.5. The molecule has 0 aromatic heterocycles. The summed E-state index contributed by atoms with van der Waals surface area (Å²) < 4.78 is 32.7. The molecule has 0 radical (unpaired) electrons. The average molecular weight is 581 g/mol. The molecule has 0 amide bonds. The minimum atomic E-state index is -0.121. The number of esters is 1. The normalized spacial score (nSPS) is 11.1. The average Bonchev–Trinajstić information content (AvgIpc) is 2.99. The Hall–Kier alpha value is -1.67. The zero-order valence-electron chi connectivity index (χ0n) is 26.1. The Kier molecular flexibility index (Phi) is 28.5. The van der Waals surface area contributed by atoms with Crippen LogP contribution in [-0.4, -0.2) is 72.0 Å². The molecule has 0 unspecified atom stereocenters. The van der Waals surface area contributed by atoms with Crippen molar-refractivity contribution < 1.29 is 33.2 Å². The maximum atomic E-state index is 11.8. The molecule has 1 aromatic rings. The highest BCUT2D eigenvalue weighted by Gasteiger charge is 2.03. The maximum absolute atomic E-state index is 11.8. The van der Waals surface area contributed by atoms with E-state index in [0.29, 0.717) is 72.5 Å². The Bertz CT molecular complexity index is 656. The topological polar surface area (TPSA) is 72.5 Å². The van der Waals surface area contributed by atoms with Gasteiger partial charge in [0.1, 0.15) is 19.0 Å². The van der Waals surface area contributed by atoms with Crippen molar-refractivity contribution in [2.45, 2.75) is 110 Å². The van der Waals surface area contributed by atoms with E-state index in [0.717, 1.165) is 18.6 Å². The highest BCUT2D eigenvalue weighted by molar-refractivity contribution is 5.69. The predicted octanol–water partition coefficient (Wildman–Crippen LogP) is 7.94. The number of hydrogen-bond donors (Lipinski definition) is 0. The second-order valence-corrected chi connectivity index (χ2v) is 10.5. The van der Waals surface area contributed by atoms with Crippen LogP contribution in [0.5, 0.6) is 5.75 Å². The fourth-order valence-electron chi connectivity index (χ4n) is 4.42. The second-order valence-electron chi connectivity index (χ2n) is 10.5. The van der Waals surface area contributed by atoms with Gasteiger partial charge in [0.2, 0.25) is 0 Å². The van der Waals surface area contributed by atoms with Gasteiger partial charge in [0.15, 0.2) is 0 Å². The van der Waals surface area contributed by atoms with Gasteiger partial charge < -0.3 is 28.4 Å². The number of ether oxygens (including phenoxy) is 6. The van der Waals surface area contributed by atoms with E-state index in [4.69, 9.17) is 28.4 Å². The van der Waals surface area contributed by atoms with Crippen molar-refractivity contribution in [1.29, 1.82) is 0 Å². The van der Waals surface area contributed by atoms with Crippen molar-refractivity contribution in [2.24, 2.45) is 0 Å². The lowest BCUT2D eigenvalue weighted by molar-refractivity contribution is -0.145. The molecule has 0 fully saturated rings. The highest BCUT2D eigenvalue weighted by atomic mass is 16.6. The highest BCUT2D eigenvalue weighted by Crippen LogP contribution is 2.14. The quantitative estimate of drug-likeness (QED) is 0.0633. The van der Waals surface area contributed by atoms with Gasteiger partial charge in [-0.05, 0) is 18.6 Å². The van der Waals surface area contributed by atoms with Gasteiger partial charge in [-0.15, -0.1) is 0 Å². The summed E-state index contributed by atoms with van der Waals surface area (Å²) in [5.74, 6) is 0.726. The van der Waals surface area contributed by atoms with Crippen molar-refractivity contribution in [1.82, 2.24) is 0 Å². The summed E-state index contributed by atoms with van der Waals surface area (Å²) in [5.41, 5.74) is 0. The first-order valence-corrected chi connectivity index (χ1v) is 16.5. The summed E-state index contributed by atoms with van der Waals surface area (Å²) in [4.78, 5) is 11.8. The van der Waals surface area contributed by atoms with E-state index < -0.39 is 0 Å². The van der Waals surface area contributed by atoms with Gasteiger partial charge >= 0.3 is 5.97 Å². The van der Waals surface area contributed by atoms with Crippen molar-refractivity contribution in [3.8, 4) is 5.75 Å². The summed E-state index contributed by atoms with van der Waals surface area (Å²) in [6, 6.07) is 9.69. The molecule has 1 rings (SSSR count). The van der Waals surface area contributed by atoms with Crippen molar-refractivity contribution >= 4 is 5.97 Å². The minimum Gasteiger partial charge on any atom is -0.491 e. The summed E-state index contributed by atoms with van der Waals surface area (Å²) in [7, 11) is 0. The molecule has 0 aliphatic rings. The maximum Gasteiger partial charge on any atom is 0.305 e. The van der Waals surface area contributed by atoms with Crippen LogP contribution >= 0.6 is 0 Å². The lowest BCUT2D eigenvalue weighted by atomic mass is 10.0. The first-order chi connectivity index (χ1) is 20.3. The van der Waals surface area contributed by atoms with Crippen LogP contribution < -0.4 is 4.74 Å². The third kappa shape index (κ3) is 28.2. The van der Waals surface area contributed by atoms with Gasteiger partial charge in [-0.25, -0.2) is 0 Å². The number of carbonyl (C=O) groups is 1. The van der Waals surface area contributed by atoms with Gasteiger partial charge in [-0.2, -0.15) is 0 Å². The molecule has 0 spiro atoms. The standard InChI is InChI=1S/C34H60O7/c1-2-3-4-5-6-7-8-9-10-11-12-13-14-15-19-22-34(35)41-32-30-39-28-26-37-24-23-36-25-27-38-29-31-40-33-20-17-16-18-21-33/h16-18,20-21H,2-15,19,22-32H2,1H3. The molecular weight excluding hydrogens is 520 g/mol. The molecule has 0 atom stereocenters. The predicted molar refractivity (Wildman–Crippen MR) is 166 cm³/mol. The number of hydrogen-bond acceptors (Lipinski definition) is 7. The first kappa shape index (κ1) is 37.4. The number of benzene rings is 1. The molecule has 41 heavy (non-hydrogen) atoms. The van der Waals surface area contributed by atoms with E-state index >= 15 is 0 Å². The summed E-state index contributed by atoms with van der Waals surface area (Å²) in [6.07, 6.45) is 20.3. The fraction of sp³-hybridized carbons (Fsp3) is 0.794. The van der Waals surface area contributed by atoms with Gasteiger partial charge in [-0.3, -0.25) is 4.79 Å². The summed E-state index contributed by atoms with van der Waals surface area (Å²) in [5, 5.41) is 0. The van der Waals surface area contributed by atoms with E-state index in [9.17, 15) is 4.79 Å². The van der Waals surface area contributed by atoms with Crippen LogP contribution in [0.4, 0.5) is 0 Å². The molecule has 7 nitrogen and oxygen atoms in total. The van der Waals surface area contributed by atoms with Crippen molar-refractivity contribution in [3.63, 3.8) is 0 Å². The Morgan fingerprint density at radius 3 is 1.34 bits per heavy atom. The van der Waals surface area contributed by atoms with Crippen LogP contribution in [0, 0.1) is 0 Å². The monoisotopic (exact) mass is 580 g/mol. The number of rotatable bonds is 32. The molecule has 0 saturated carbocycles. The largest absolute Gasteiger partial charge is 0.491 e. The molecule has 0 aliphatic carbocycles. The van der Waals surface area contributed by atoms with E-state index in [2.05, 4.69) is 6.92 Å². The molecule has 1 aromatic carbocycles. The number of carbonyl (C=O) groups excluding carboxylic acids is 1. The van der Waals surface area contributed by atoms with E-state index in [1.54, 1.807) is 0 Å². The summed E-state index contributed by atoms with van der Waals surface area (Å²) >= 11 is 0. The molecule has 0 N–H and O–H groups in total. The molecule has 238 valence electrons. The Labute approximate surface area is 250 Å². The smallest absolute Gasteiger partial charge is 0.305 e. The van der Waals surface area contributed by atoms with Crippen LogP contribution in [0.15, 0.2) is 30.3 Å². The van der Waals surface area contributed by atoms with Gasteiger partial charge in [0.05, 0.1) is 52.9 Å². The SMILES string of the molecule is CCCCCCCCCCCCCCCCCC(=O)OCCOCCOCCOCCOCCOc1ccccc1. The molecule has 0 aliphatic heterocycles. The van der Waals surface area contributed by atoms with Crippen LogP contribution in [0.25, 0.3) is 0 Å². The lowest BCUT2D eigenvalue weighted by Crippen LogP contribution is -2.15. The molecule has 7 heteroatoms. The van der Waals surface area contributed by atoms with Crippen LogP contribution in [0.2, 0.25) is 0 Å². The minimum absolute atomic E-state index is 0.121. The Morgan fingerprint density at radius 2 is 0.878 bits per heavy atom. The third-order valence-electron chi connectivity index (χ3n) is 6.83. The second kappa shape index (κ2) is 31.3. The van der Waals surface area contributed by atoms with Crippen LogP contribution in [-0.2, 0) is 28.5 Å². The van der Waals surface area contributed by atoms with Crippen molar-refractivity contribution in [3.05, 3.63) is 30.3 Å². The molecule has 0 heterocycles. The summed E-state index contributed by atoms with van der Waals surface area (Å²) in [6.45, 7) is 7.06. The van der Waals surface area contributed by atoms with Gasteiger partial charge in [0.25, 0.3) is 0 Å². The molecular formula is C34H60O7. The number of para-hydroxylation sites is 1. The molecule has 0 bridgehead atoms. The van der Waals surface area contributed by atoms with Gasteiger partial charge in [-0.1, -0.05) is 115 Å². The van der Waals surface area contributed by atoms with Crippen LogP contribution in [0.3, 0.4) is 0 Å². The Balaban J connectivity index is 1.68. The van der Waals surface area contributed by atoms with E-state index in [1.807, 2.05) is 30.3 Å². The molecule has 0 saturated heterocycles. The van der Waals surface area contributed by atoms with Gasteiger partial charge in [0, 0.05) is 6.42 Å². The third-order valence-corrected chi connectivity index (χ3v) is 6.83. The van der Waals surface area contributed by atoms with Crippen LogP contribution in [0.1, 0.15) is 110 Å². The van der Waals surface area contributed by atoms with E-state index in [1.165, 1.54) is 83.5 Å². The number of unbranched alkanes of at least 4 members (excludes halogenated alkanes) is 14. The van der Waals surface area contributed by atoms with Crippen molar-refractivity contribution in [2.75, 3.05) is 66.1 Å². The zero-order valence-corrected chi connectivity index (χ0v) is 26.1.